The van der Waals surface area contributed by atoms with Gasteiger partial charge in [0.05, 0.1) is 10.1 Å². The topological polar surface area (TPSA) is 33.1 Å². The summed E-state index contributed by atoms with van der Waals surface area (Å²) in [5, 5.41) is 9.49. The van der Waals surface area contributed by atoms with E-state index in [-0.39, 0.29) is 16.8 Å². The van der Waals surface area contributed by atoms with Gasteiger partial charge >= 0.3 is 0 Å². The third-order valence-corrected chi connectivity index (χ3v) is 2.53. The van der Waals surface area contributed by atoms with Gasteiger partial charge in [0.25, 0.3) is 6.43 Å². The Balaban J connectivity index is 2.79. The molecule has 0 saturated heterocycles. The summed E-state index contributed by atoms with van der Waals surface area (Å²) in [7, 11) is 0. The number of fused-ring (bicyclic) bond motifs is 1. The second-order valence-electron chi connectivity index (χ2n) is 2.52. The normalized spacial score (nSPS) is 11.3. The number of phenols is 1. The Morgan fingerprint density at radius 3 is 2.85 bits per heavy atom. The van der Waals surface area contributed by atoms with E-state index in [1.165, 1.54) is 6.07 Å². The summed E-state index contributed by atoms with van der Waals surface area (Å²) in [6.45, 7) is 0. The van der Waals surface area contributed by atoms with E-state index in [4.69, 9.17) is 0 Å². The minimum atomic E-state index is -2.64. The van der Waals surface area contributed by atoms with E-state index in [2.05, 4.69) is 4.37 Å². The van der Waals surface area contributed by atoms with Gasteiger partial charge in [-0.3, -0.25) is 0 Å². The average Bonchev–Trinajstić information content (AvgIpc) is 2.49. The van der Waals surface area contributed by atoms with Crippen molar-refractivity contribution in [3.05, 3.63) is 23.9 Å². The quantitative estimate of drug-likeness (QED) is 0.769. The molecule has 0 unspecified atom stereocenters. The number of aromatic nitrogens is 1. The Morgan fingerprint density at radius 2 is 2.15 bits per heavy atom. The third kappa shape index (κ3) is 1.25. The summed E-state index contributed by atoms with van der Waals surface area (Å²) in [6, 6.07) is 4.63. The zero-order chi connectivity index (χ0) is 9.42. The van der Waals surface area contributed by atoms with Crippen molar-refractivity contribution in [3.63, 3.8) is 0 Å². The first-order valence-electron chi connectivity index (χ1n) is 3.55. The molecule has 13 heavy (non-hydrogen) atoms. The van der Waals surface area contributed by atoms with Crippen LogP contribution in [0, 0.1) is 0 Å². The smallest absolute Gasteiger partial charge is 0.282 e. The molecule has 0 aliphatic carbocycles. The summed E-state index contributed by atoms with van der Waals surface area (Å²) in [5.74, 6) is -0.137. The van der Waals surface area contributed by atoms with Crippen LogP contribution < -0.4 is 0 Å². The van der Waals surface area contributed by atoms with Gasteiger partial charge in [-0.15, -0.1) is 0 Å². The molecule has 2 rings (SSSR count). The van der Waals surface area contributed by atoms with Gasteiger partial charge in [0.1, 0.15) is 11.4 Å². The van der Waals surface area contributed by atoms with Crippen molar-refractivity contribution >= 4 is 21.6 Å². The van der Waals surface area contributed by atoms with E-state index in [1.807, 2.05) is 0 Å². The van der Waals surface area contributed by atoms with Gasteiger partial charge in [-0.1, -0.05) is 6.07 Å². The van der Waals surface area contributed by atoms with Crippen LogP contribution in [-0.2, 0) is 0 Å². The van der Waals surface area contributed by atoms with Crippen molar-refractivity contribution in [1.29, 1.82) is 0 Å². The number of benzene rings is 1. The lowest BCUT2D eigenvalue weighted by Gasteiger charge is -1.96. The van der Waals surface area contributed by atoms with Crippen molar-refractivity contribution in [2.45, 2.75) is 6.43 Å². The zero-order valence-electron chi connectivity index (χ0n) is 6.37. The van der Waals surface area contributed by atoms with Crippen LogP contribution in [0.3, 0.4) is 0 Å². The standard InChI is InChI=1S/C8H5F2NOS/c9-8(10)7-6-4(12)2-1-3-5(6)13-11-7/h1-3,8,12H. The van der Waals surface area contributed by atoms with Gasteiger partial charge < -0.3 is 5.11 Å². The molecule has 0 aliphatic rings. The maximum Gasteiger partial charge on any atom is 0.282 e. The van der Waals surface area contributed by atoms with Gasteiger partial charge in [-0.2, -0.15) is 4.37 Å². The fourth-order valence-electron chi connectivity index (χ4n) is 1.15. The summed E-state index contributed by atoms with van der Waals surface area (Å²) in [4.78, 5) is 0. The number of aromatic hydroxyl groups is 1. The fourth-order valence-corrected chi connectivity index (χ4v) is 1.95. The molecule has 68 valence electrons. The van der Waals surface area contributed by atoms with Gasteiger partial charge in [-0.05, 0) is 23.7 Å². The lowest BCUT2D eigenvalue weighted by Crippen LogP contribution is -1.83. The monoisotopic (exact) mass is 201 g/mol. The maximum absolute atomic E-state index is 12.3. The second kappa shape index (κ2) is 2.92. The Labute approximate surface area is 76.6 Å². The Hall–Kier alpha value is -1.23. The van der Waals surface area contributed by atoms with E-state index in [1.54, 1.807) is 12.1 Å². The van der Waals surface area contributed by atoms with E-state index < -0.39 is 6.43 Å². The fraction of sp³-hybridized carbons (Fsp3) is 0.125. The number of alkyl halides is 2. The van der Waals surface area contributed by atoms with Crippen molar-refractivity contribution in [2.75, 3.05) is 0 Å². The predicted octanol–water partition coefficient (Wildman–Crippen LogP) is 2.94. The average molecular weight is 201 g/mol. The van der Waals surface area contributed by atoms with Crippen LogP contribution >= 0.6 is 11.5 Å². The molecule has 0 aliphatic heterocycles. The highest BCUT2D eigenvalue weighted by molar-refractivity contribution is 7.13. The molecule has 0 spiro atoms. The molecule has 2 aromatic rings. The van der Waals surface area contributed by atoms with Gasteiger partial charge in [0.15, 0.2) is 0 Å². The summed E-state index contributed by atoms with van der Waals surface area (Å²) in [5.41, 5.74) is -0.335. The number of rotatable bonds is 1. The molecule has 2 nitrogen and oxygen atoms in total. The molecule has 0 amide bonds. The lowest BCUT2D eigenvalue weighted by molar-refractivity contribution is 0.149. The molecule has 1 aromatic carbocycles. The summed E-state index contributed by atoms with van der Waals surface area (Å²) < 4.78 is 28.9. The highest BCUT2D eigenvalue weighted by Crippen LogP contribution is 2.35. The van der Waals surface area contributed by atoms with Crippen LogP contribution in [-0.4, -0.2) is 9.48 Å². The molecular weight excluding hydrogens is 196 g/mol. The predicted molar refractivity (Wildman–Crippen MR) is 46.2 cm³/mol. The van der Waals surface area contributed by atoms with Crippen LogP contribution in [0.1, 0.15) is 12.1 Å². The summed E-state index contributed by atoms with van der Waals surface area (Å²) in [6.07, 6.45) is -2.64. The Morgan fingerprint density at radius 1 is 1.38 bits per heavy atom. The van der Waals surface area contributed by atoms with E-state index in [9.17, 15) is 13.9 Å². The van der Waals surface area contributed by atoms with Crippen LogP contribution in [0.5, 0.6) is 5.75 Å². The van der Waals surface area contributed by atoms with Gasteiger partial charge in [-0.25, -0.2) is 8.78 Å². The van der Waals surface area contributed by atoms with Crippen LogP contribution in [0.25, 0.3) is 10.1 Å². The number of phenolic OH excluding ortho intramolecular Hbond substituents is 1. The summed E-state index contributed by atoms with van der Waals surface area (Å²) >= 11 is 0.966. The zero-order valence-corrected chi connectivity index (χ0v) is 7.18. The van der Waals surface area contributed by atoms with Crippen molar-refractivity contribution in [2.24, 2.45) is 0 Å². The van der Waals surface area contributed by atoms with Crippen molar-refractivity contribution in [3.8, 4) is 5.75 Å². The molecule has 0 radical (unpaired) electrons. The molecule has 5 heteroatoms. The first kappa shape index (κ1) is 8.37. The molecule has 0 atom stereocenters. The third-order valence-electron chi connectivity index (χ3n) is 1.71. The largest absolute Gasteiger partial charge is 0.507 e. The van der Waals surface area contributed by atoms with E-state index in [0.29, 0.717) is 4.70 Å². The maximum atomic E-state index is 12.3. The molecule has 0 saturated carbocycles. The van der Waals surface area contributed by atoms with Gasteiger partial charge in [0, 0.05) is 0 Å². The number of halogens is 2. The van der Waals surface area contributed by atoms with Crippen molar-refractivity contribution in [1.82, 2.24) is 4.37 Å². The first-order valence-corrected chi connectivity index (χ1v) is 4.33. The van der Waals surface area contributed by atoms with E-state index >= 15 is 0 Å². The molecular formula is C8H5F2NOS. The second-order valence-corrected chi connectivity index (χ2v) is 3.32. The van der Waals surface area contributed by atoms with Crippen LogP contribution in [0.15, 0.2) is 18.2 Å². The van der Waals surface area contributed by atoms with Crippen molar-refractivity contribution < 1.29 is 13.9 Å². The van der Waals surface area contributed by atoms with Gasteiger partial charge in [0.2, 0.25) is 0 Å². The Kier molecular flexibility index (Phi) is 1.88. The lowest BCUT2D eigenvalue weighted by atomic mass is 10.2. The molecule has 1 heterocycles. The SMILES string of the molecule is Oc1cccc2snc(C(F)F)c12. The molecule has 1 N–H and O–H groups in total. The minimum Gasteiger partial charge on any atom is -0.507 e. The highest BCUT2D eigenvalue weighted by atomic mass is 32.1. The number of nitrogens with zero attached hydrogens (tertiary/aromatic N) is 1. The van der Waals surface area contributed by atoms with Crippen LogP contribution in [0.2, 0.25) is 0 Å². The Bertz CT molecular complexity index is 441. The first-order chi connectivity index (χ1) is 6.20. The number of hydrogen-bond donors (Lipinski definition) is 1. The van der Waals surface area contributed by atoms with Crippen LogP contribution in [0.4, 0.5) is 8.78 Å². The molecule has 1 aromatic heterocycles. The molecule has 0 bridgehead atoms. The highest BCUT2D eigenvalue weighted by Gasteiger charge is 2.17. The number of hydrogen-bond acceptors (Lipinski definition) is 3. The van der Waals surface area contributed by atoms with E-state index in [0.717, 1.165) is 11.5 Å². The minimum absolute atomic E-state index is 0.137. The molecule has 0 fully saturated rings.